The molecule has 0 atom stereocenters. The van der Waals surface area contributed by atoms with Crippen LogP contribution in [0.3, 0.4) is 0 Å². The smallest absolute Gasteiger partial charge is 0.226 e. The van der Waals surface area contributed by atoms with E-state index in [-0.39, 0.29) is 5.91 Å². The fourth-order valence-corrected chi connectivity index (χ4v) is 5.03. The molecule has 0 radical (unpaired) electrons. The zero-order valence-corrected chi connectivity index (χ0v) is 20.3. The number of carbonyl (C=O) groups is 1. The monoisotopic (exact) mass is 477 g/mol. The maximum Gasteiger partial charge on any atom is 0.226 e. The molecule has 33 heavy (non-hydrogen) atoms. The molecule has 0 aliphatic rings. The van der Waals surface area contributed by atoms with E-state index in [0.29, 0.717) is 24.5 Å². The molecule has 0 fully saturated rings. The minimum atomic E-state index is -0.0549. The lowest BCUT2D eigenvalue weighted by Crippen LogP contribution is -2.13. The molecule has 4 aromatic rings. The second-order valence-corrected chi connectivity index (χ2v) is 9.49. The predicted octanol–water partition coefficient (Wildman–Crippen LogP) is 5.83. The second-order valence-electron chi connectivity index (χ2n) is 7.79. The molecule has 170 valence electrons. The Morgan fingerprint density at radius 2 is 1.88 bits per heavy atom. The van der Waals surface area contributed by atoms with Crippen LogP contribution in [0.25, 0.3) is 22.0 Å². The highest BCUT2D eigenvalue weighted by Gasteiger charge is 2.10. The Labute approximate surface area is 202 Å². The number of benzene rings is 3. The average molecular weight is 478 g/mol. The molecule has 1 amide bonds. The molecule has 4 rings (SSSR count). The Kier molecular flexibility index (Phi) is 7.49. The van der Waals surface area contributed by atoms with Gasteiger partial charge in [-0.05, 0) is 54.6 Å². The summed E-state index contributed by atoms with van der Waals surface area (Å²) in [5.41, 5.74) is 9.49. The third kappa shape index (κ3) is 5.65. The summed E-state index contributed by atoms with van der Waals surface area (Å²) in [5, 5.41) is 7.85. The Bertz CT molecular complexity index is 1250. The minimum Gasteiger partial charge on any atom is -0.377 e. The third-order valence-electron chi connectivity index (χ3n) is 5.14. The summed E-state index contributed by atoms with van der Waals surface area (Å²) in [6.45, 7) is 0.504. The van der Waals surface area contributed by atoms with E-state index in [1.165, 1.54) is 27.8 Å². The van der Waals surface area contributed by atoms with Crippen molar-refractivity contribution in [2.75, 3.05) is 35.6 Å². The van der Waals surface area contributed by atoms with Crippen LogP contribution in [0.5, 0.6) is 0 Å². The first kappa shape index (κ1) is 23.1. The van der Waals surface area contributed by atoms with Gasteiger partial charge in [-0.15, -0.1) is 11.3 Å². The highest BCUT2D eigenvalue weighted by Crippen LogP contribution is 2.34. The van der Waals surface area contributed by atoms with E-state index in [9.17, 15) is 4.79 Å². The van der Waals surface area contributed by atoms with E-state index in [1.807, 2.05) is 23.6 Å². The van der Waals surface area contributed by atoms with Crippen LogP contribution in [-0.2, 0) is 4.79 Å². The molecule has 0 unspecified atom stereocenters. The molecule has 4 N–H and O–H groups in total. The molecule has 0 bridgehead atoms. The molecule has 0 aliphatic heterocycles. The van der Waals surface area contributed by atoms with Gasteiger partial charge in [-0.1, -0.05) is 36.4 Å². The van der Waals surface area contributed by atoms with Gasteiger partial charge in [-0.3, -0.25) is 4.79 Å². The summed E-state index contributed by atoms with van der Waals surface area (Å²) in [5.74, 6) is -0.0549. The number of amides is 1. The van der Waals surface area contributed by atoms with Crippen LogP contribution in [0.15, 0.2) is 70.9 Å². The molecule has 6 nitrogen and oxygen atoms in total. The number of nitrogens with zero attached hydrogens (tertiary/aromatic N) is 2. The number of anilines is 3. The molecule has 0 saturated carbocycles. The van der Waals surface area contributed by atoms with Crippen molar-refractivity contribution in [3.05, 3.63) is 66.0 Å². The van der Waals surface area contributed by atoms with Gasteiger partial charge in [-0.25, -0.2) is 4.98 Å². The van der Waals surface area contributed by atoms with Crippen LogP contribution < -0.4 is 20.7 Å². The van der Waals surface area contributed by atoms with E-state index in [4.69, 9.17) is 5.73 Å². The number of nitrogens with two attached hydrogens (primary N) is 1. The lowest BCUT2D eigenvalue weighted by molar-refractivity contribution is -0.116. The Morgan fingerprint density at radius 3 is 2.70 bits per heavy atom. The van der Waals surface area contributed by atoms with Crippen LogP contribution in [0, 0.1) is 0 Å². The topological polar surface area (TPSA) is 83.3 Å². The van der Waals surface area contributed by atoms with Crippen molar-refractivity contribution in [2.45, 2.75) is 17.7 Å². The van der Waals surface area contributed by atoms with Crippen molar-refractivity contribution in [2.24, 2.45) is 5.73 Å². The first-order valence-corrected chi connectivity index (χ1v) is 12.4. The van der Waals surface area contributed by atoms with E-state index in [0.717, 1.165) is 21.8 Å². The van der Waals surface area contributed by atoms with Crippen LogP contribution in [0.4, 0.5) is 16.5 Å². The lowest BCUT2D eigenvalue weighted by atomic mass is 10.1. The van der Waals surface area contributed by atoms with Crippen molar-refractivity contribution in [3.8, 4) is 11.3 Å². The van der Waals surface area contributed by atoms with Gasteiger partial charge >= 0.3 is 0 Å². The SMILES string of the molecule is CN(C)c1cccc2c(SNc3cccc(-c4csc(NC(=O)CCCN)n4)c3)cccc12. The summed E-state index contributed by atoms with van der Waals surface area (Å²) in [6.07, 6.45) is 1.08. The first-order chi connectivity index (χ1) is 16.0. The quantitative estimate of drug-likeness (QED) is 0.263. The van der Waals surface area contributed by atoms with Crippen molar-refractivity contribution in [1.82, 2.24) is 4.98 Å². The van der Waals surface area contributed by atoms with Crippen LogP contribution in [0.1, 0.15) is 12.8 Å². The van der Waals surface area contributed by atoms with Gasteiger partial charge in [0, 0.05) is 53.1 Å². The van der Waals surface area contributed by atoms with Crippen molar-refractivity contribution in [1.29, 1.82) is 0 Å². The number of fused-ring (bicyclic) bond motifs is 1. The van der Waals surface area contributed by atoms with Crippen molar-refractivity contribution < 1.29 is 4.79 Å². The molecular weight excluding hydrogens is 450 g/mol. The number of hydrogen-bond donors (Lipinski definition) is 3. The minimum absolute atomic E-state index is 0.0549. The molecule has 3 aromatic carbocycles. The Hall–Kier alpha value is -3.07. The Balaban J connectivity index is 1.48. The third-order valence-corrected chi connectivity index (χ3v) is 6.81. The van der Waals surface area contributed by atoms with Gasteiger partial charge in [0.2, 0.25) is 5.91 Å². The van der Waals surface area contributed by atoms with Gasteiger partial charge in [-0.2, -0.15) is 0 Å². The highest BCUT2D eigenvalue weighted by molar-refractivity contribution is 8.00. The zero-order valence-electron chi connectivity index (χ0n) is 18.7. The predicted molar refractivity (Wildman–Crippen MR) is 142 cm³/mol. The summed E-state index contributed by atoms with van der Waals surface area (Å²) >= 11 is 3.02. The summed E-state index contributed by atoms with van der Waals surface area (Å²) in [7, 11) is 4.13. The summed E-state index contributed by atoms with van der Waals surface area (Å²) in [4.78, 5) is 19.8. The van der Waals surface area contributed by atoms with Gasteiger partial charge < -0.3 is 20.7 Å². The number of aromatic nitrogens is 1. The maximum atomic E-state index is 11.9. The second kappa shape index (κ2) is 10.7. The molecular formula is C25H27N5OS2. The molecule has 0 saturated heterocycles. The van der Waals surface area contributed by atoms with Crippen LogP contribution in [0.2, 0.25) is 0 Å². The maximum absolute atomic E-state index is 11.9. The van der Waals surface area contributed by atoms with E-state index in [2.05, 4.69) is 76.5 Å². The molecule has 0 aliphatic carbocycles. The number of thiazole rings is 1. The molecule has 0 spiro atoms. The standard InChI is InChI=1S/C25H27N5OS2/c1-30(2)22-11-4-10-20-19(22)9-5-12-23(20)33-29-18-8-3-7-17(15-18)21-16-32-25(27-21)28-24(31)13-6-14-26/h3-5,7-12,15-16,29H,6,13-14,26H2,1-2H3,(H,27,28,31). The van der Waals surface area contributed by atoms with E-state index >= 15 is 0 Å². The molecule has 1 heterocycles. The number of nitrogens with one attached hydrogen (secondary N) is 2. The fraction of sp³-hybridized carbons (Fsp3) is 0.200. The van der Waals surface area contributed by atoms with Gasteiger partial charge in [0.05, 0.1) is 5.69 Å². The van der Waals surface area contributed by atoms with E-state index < -0.39 is 0 Å². The largest absolute Gasteiger partial charge is 0.377 e. The van der Waals surface area contributed by atoms with Gasteiger partial charge in [0.1, 0.15) is 0 Å². The lowest BCUT2D eigenvalue weighted by Gasteiger charge is -2.17. The zero-order chi connectivity index (χ0) is 23.2. The Morgan fingerprint density at radius 1 is 1.09 bits per heavy atom. The molecule has 8 heteroatoms. The van der Waals surface area contributed by atoms with Crippen molar-refractivity contribution >= 4 is 56.5 Å². The number of hydrogen-bond acceptors (Lipinski definition) is 7. The highest BCUT2D eigenvalue weighted by atomic mass is 32.2. The fourth-order valence-electron chi connectivity index (χ4n) is 3.51. The number of carbonyl (C=O) groups excluding carboxylic acids is 1. The number of rotatable bonds is 9. The average Bonchev–Trinajstić information content (AvgIpc) is 3.29. The normalized spacial score (nSPS) is 10.9. The van der Waals surface area contributed by atoms with Crippen molar-refractivity contribution in [3.63, 3.8) is 0 Å². The summed E-state index contributed by atoms with van der Waals surface area (Å²) < 4.78 is 3.47. The van der Waals surface area contributed by atoms with Gasteiger partial charge in [0.25, 0.3) is 0 Å². The van der Waals surface area contributed by atoms with Crippen LogP contribution >= 0.6 is 23.3 Å². The van der Waals surface area contributed by atoms with E-state index in [1.54, 1.807) is 11.9 Å². The molecule has 1 aromatic heterocycles. The first-order valence-electron chi connectivity index (χ1n) is 10.7. The van der Waals surface area contributed by atoms with Gasteiger partial charge in [0.15, 0.2) is 5.13 Å². The van der Waals surface area contributed by atoms with Crippen LogP contribution in [-0.4, -0.2) is 31.5 Å². The summed E-state index contributed by atoms with van der Waals surface area (Å²) in [6, 6.07) is 20.9.